The summed E-state index contributed by atoms with van der Waals surface area (Å²) >= 11 is 5.40. The van der Waals surface area contributed by atoms with Gasteiger partial charge < -0.3 is 19.8 Å². The molecule has 0 aliphatic carbocycles. The molecule has 2 amide bonds. The predicted molar refractivity (Wildman–Crippen MR) is 125 cm³/mol. The van der Waals surface area contributed by atoms with Crippen LogP contribution in [0.15, 0.2) is 67.0 Å². The number of hydrogen-bond acceptors (Lipinski definition) is 3. The molecule has 32 heavy (non-hydrogen) atoms. The van der Waals surface area contributed by atoms with Crippen LogP contribution in [0.25, 0.3) is 16.6 Å². The third kappa shape index (κ3) is 3.73. The quantitative estimate of drug-likeness (QED) is 0.472. The number of rotatable bonds is 4. The minimum absolute atomic E-state index is 0.0793. The molecule has 0 radical (unpaired) electrons. The lowest BCUT2D eigenvalue weighted by Gasteiger charge is -2.34. The maximum atomic E-state index is 13.2. The molecule has 2 aromatic carbocycles. The number of fused-ring (bicyclic) bond motifs is 1. The number of aromatic amines is 2. The van der Waals surface area contributed by atoms with Gasteiger partial charge in [-0.15, -0.1) is 0 Å². The van der Waals surface area contributed by atoms with Gasteiger partial charge in [0.25, 0.3) is 5.91 Å². The van der Waals surface area contributed by atoms with Crippen molar-refractivity contribution < 1.29 is 9.59 Å². The van der Waals surface area contributed by atoms with E-state index in [0.717, 1.165) is 22.2 Å². The average molecular weight is 446 g/mol. The first kappa shape index (κ1) is 20.3. The number of benzene rings is 2. The molecule has 0 atom stereocenters. The Morgan fingerprint density at radius 2 is 1.53 bits per heavy atom. The molecular formula is C24H23N5O2S. The number of hydrogen-bond donors (Lipinski definition) is 2. The lowest BCUT2D eigenvalue weighted by Crippen LogP contribution is -2.51. The summed E-state index contributed by atoms with van der Waals surface area (Å²) in [6, 6.07) is 17.6. The summed E-state index contributed by atoms with van der Waals surface area (Å²) in [5.41, 5.74) is 3.37. The van der Waals surface area contributed by atoms with E-state index in [0.29, 0.717) is 43.1 Å². The van der Waals surface area contributed by atoms with Crippen molar-refractivity contribution >= 4 is 34.9 Å². The zero-order chi connectivity index (χ0) is 22.1. The molecule has 0 spiro atoms. The van der Waals surface area contributed by atoms with E-state index in [4.69, 9.17) is 12.2 Å². The minimum Gasteiger partial charge on any atom is -0.361 e. The molecule has 1 aliphatic heterocycles. The smallest absolute Gasteiger partial charge is 0.272 e. The van der Waals surface area contributed by atoms with E-state index in [9.17, 15) is 9.59 Å². The molecule has 5 rings (SSSR count). The summed E-state index contributed by atoms with van der Waals surface area (Å²) in [6.45, 7) is 2.02. The first-order valence-electron chi connectivity index (χ1n) is 10.6. The van der Waals surface area contributed by atoms with Crippen LogP contribution in [0.3, 0.4) is 0 Å². The van der Waals surface area contributed by atoms with Gasteiger partial charge in [0, 0.05) is 55.2 Å². The largest absolute Gasteiger partial charge is 0.361 e. The molecule has 4 aromatic rings. The number of carbonyl (C=O) groups is 2. The third-order valence-corrected chi connectivity index (χ3v) is 6.25. The number of H-pyrrole nitrogens is 2. The van der Waals surface area contributed by atoms with Gasteiger partial charge in [-0.3, -0.25) is 14.2 Å². The van der Waals surface area contributed by atoms with Crippen LogP contribution < -0.4 is 0 Å². The molecule has 8 heteroatoms. The van der Waals surface area contributed by atoms with Gasteiger partial charge in [-0.1, -0.05) is 36.4 Å². The normalized spacial score (nSPS) is 14.1. The monoisotopic (exact) mass is 445 g/mol. The Hall–Kier alpha value is -3.65. The number of piperazine rings is 1. The standard InChI is InChI=1S/C24H23N5O2S/c30-22(14-17-15-25-20-9-5-4-8-19(17)20)27-10-12-28(13-11-27)23(31)21-16-26-24(32)29(21)18-6-2-1-3-7-18/h1-9,15-16,25H,10-14H2,(H,26,32). The van der Waals surface area contributed by atoms with Gasteiger partial charge in [-0.2, -0.15) is 0 Å². The molecular weight excluding hydrogens is 422 g/mol. The minimum atomic E-state index is -0.0927. The van der Waals surface area contributed by atoms with E-state index >= 15 is 0 Å². The van der Waals surface area contributed by atoms with Gasteiger partial charge in [-0.25, -0.2) is 0 Å². The molecule has 7 nitrogen and oxygen atoms in total. The molecule has 1 saturated heterocycles. The Kier molecular flexibility index (Phi) is 5.36. The van der Waals surface area contributed by atoms with Crippen LogP contribution in [-0.2, 0) is 11.2 Å². The summed E-state index contributed by atoms with van der Waals surface area (Å²) in [4.78, 5) is 35.9. The number of carbonyl (C=O) groups excluding carboxylic acids is 2. The average Bonchev–Trinajstić information content (AvgIpc) is 3.43. The Balaban J connectivity index is 1.26. The number of imidazole rings is 1. The van der Waals surface area contributed by atoms with Crippen molar-refractivity contribution in [2.24, 2.45) is 0 Å². The maximum Gasteiger partial charge on any atom is 0.272 e. The van der Waals surface area contributed by atoms with E-state index < -0.39 is 0 Å². The number of amides is 2. The lowest BCUT2D eigenvalue weighted by molar-refractivity contribution is -0.131. The van der Waals surface area contributed by atoms with Crippen LogP contribution >= 0.6 is 12.2 Å². The maximum absolute atomic E-state index is 13.2. The third-order valence-electron chi connectivity index (χ3n) is 5.95. The molecule has 1 aliphatic rings. The fourth-order valence-corrected chi connectivity index (χ4v) is 4.50. The van der Waals surface area contributed by atoms with E-state index in [1.165, 1.54) is 0 Å². The topological polar surface area (TPSA) is 77.1 Å². The van der Waals surface area contributed by atoms with Crippen LogP contribution in [0.4, 0.5) is 0 Å². The summed E-state index contributed by atoms with van der Waals surface area (Å²) in [5, 5.41) is 1.08. The SMILES string of the molecule is O=C(Cc1c[nH]c2ccccc12)N1CCN(C(=O)c2c[nH]c(=S)n2-c2ccccc2)CC1. The van der Waals surface area contributed by atoms with Gasteiger partial charge in [0.1, 0.15) is 5.69 Å². The Bertz CT molecular complexity index is 1330. The fraction of sp³-hybridized carbons (Fsp3) is 0.208. The first-order chi connectivity index (χ1) is 15.6. The highest BCUT2D eigenvalue weighted by atomic mass is 32.1. The summed E-state index contributed by atoms with van der Waals surface area (Å²) in [5.74, 6) is -0.0133. The van der Waals surface area contributed by atoms with E-state index in [-0.39, 0.29) is 11.8 Å². The fourth-order valence-electron chi connectivity index (χ4n) is 4.23. The second-order valence-corrected chi connectivity index (χ2v) is 8.25. The summed E-state index contributed by atoms with van der Waals surface area (Å²) < 4.78 is 2.23. The van der Waals surface area contributed by atoms with Crippen molar-refractivity contribution in [1.29, 1.82) is 0 Å². The molecule has 1 fully saturated rings. The second kappa shape index (κ2) is 8.47. The Morgan fingerprint density at radius 3 is 2.31 bits per heavy atom. The van der Waals surface area contributed by atoms with Gasteiger partial charge in [0.15, 0.2) is 4.77 Å². The van der Waals surface area contributed by atoms with Gasteiger partial charge >= 0.3 is 0 Å². The van der Waals surface area contributed by atoms with Gasteiger partial charge in [0.05, 0.1) is 6.42 Å². The summed E-state index contributed by atoms with van der Waals surface area (Å²) in [7, 11) is 0. The Labute approximate surface area is 190 Å². The molecule has 0 saturated carbocycles. The number of nitrogens with zero attached hydrogens (tertiary/aromatic N) is 3. The van der Waals surface area contributed by atoms with Crippen LogP contribution in [0.5, 0.6) is 0 Å². The number of aromatic nitrogens is 3. The highest BCUT2D eigenvalue weighted by Crippen LogP contribution is 2.20. The van der Waals surface area contributed by atoms with Gasteiger partial charge in [0.2, 0.25) is 5.91 Å². The Morgan fingerprint density at radius 1 is 0.844 bits per heavy atom. The van der Waals surface area contributed by atoms with Crippen LogP contribution in [0.1, 0.15) is 16.1 Å². The predicted octanol–water partition coefficient (Wildman–Crippen LogP) is 3.54. The van der Waals surface area contributed by atoms with E-state index in [2.05, 4.69) is 9.97 Å². The zero-order valence-corrected chi connectivity index (χ0v) is 18.3. The van der Waals surface area contributed by atoms with Crippen LogP contribution in [0.2, 0.25) is 0 Å². The van der Waals surface area contributed by atoms with Gasteiger partial charge in [-0.05, 0) is 36.0 Å². The van der Waals surface area contributed by atoms with E-state index in [1.807, 2.05) is 65.7 Å². The van der Waals surface area contributed by atoms with E-state index in [1.54, 1.807) is 15.7 Å². The zero-order valence-electron chi connectivity index (χ0n) is 17.5. The highest BCUT2D eigenvalue weighted by Gasteiger charge is 2.27. The molecule has 3 heterocycles. The van der Waals surface area contributed by atoms with Crippen molar-refractivity contribution in [2.75, 3.05) is 26.2 Å². The van der Waals surface area contributed by atoms with Crippen molar-refractivity contribution in [3.63, 3.8) is 0 Å². The first-order valence-corrected chi connectivity index (χ1v) is 11.0. The molecule has 0 unspecified atom stereocenters. The van der Waals surface area contributed by atoms with Crippen molar-refractivity contribution in [1.82, 2.24) is 24.3 Å². The highest BCUT2D eigenvalue weighted by molar-refractivity contribution is 7.71. The van der Waals surface area contributed by atoms with Crippen LogP contribution in [0, 0.1) is 4.77 Å². The summed E-state index contributed by atoms with van der Waals surface area (Å²) in [6.07, 6.45) is 3.91. The number of para-hydroxylation sites is 2. The molecule has 2 aromatic heterocycles. The van der Waals surface area contributed by atoms with Crippen molar-refractivity contribution in [3.8, 4) is 5.69 Å². The molecule has 0 bridgehead atoms. The van der Waals surface area contributed by atoms with Crippen molar-refractivity contribution in [2.45, 2.75) is 6.42 Å². The second-order valence-electron chi connectivity index (χ2n) is 7.86. The van der Waals surface area contributed by atoms with Crippen LogP contribution in [-0.4, -0.2) is 62.3 Å². The molecule has 162 valence electrons. The molecule has 2 N–H and O–H groups in total. The number of nitrogens with one attached hydrogen (secondary N) is 2. The lowest BCUT2D eigenvalue weighted by atomic mass is 10.1. The van der Waals surface area contributed by atoms with Crippen molar-refractivity contribution in [3.05, 3.63) is 83.0 Å².